The SMILES string of the molecule is COC(=O)C1C2CCCC2CN1C(=O)CCl. The van der Waals surface area contributed by atoms with Gasteiger partial charge in [0.2, 0.25) is 5.91 Å². The maximum Gasteiger partial charge on any atom is 0.328 e. The van der Waals surface area contributed by atoms with E-state index in [1.54, 1.807) is 4.90 Å². The molecule has 0 spiro atoms. The fourth-order valence-corrected chi connectivity index (χ4v) is 3.22. The number of esters is 1. The number of halogens is 1. The summed E-state index contributed by atoms with van der Waals surface area (Å²) in [5, 5.41) is 0. The van der Waals surface area contributed by atoms with E-state index in [-0.39, 0.29) is 23.7 Å². The second-order valence-corrected chi connectivity index (χ2v) is 4.77. The molecule has 1 amide bonds. The Balaban J connectivity index is 2.19. The van der Waals surface area contributed by atoms with Gasteiger partial charge in [-0.3, -0.25) is 4.79 Å². The summed E-state index contributed by atoms with van der Waals surface area (Å²) in [5.41, 5.74) is 0. The van der Waals surface area contributed by atoms with Crippen LogP contribution in [0.5, 0.6) is 0 Å². The fourth-order valence-electron chi connectivity index (χ4n) is 3.06. The van der Waals surface area contributed by atoms with E-state index in [0.29, 0.717) is 12.5 Å². The van der Waals surface area contributed by atoms with Crippen LogP contribution in [0.15, 0.2) is 0 Å². The van der Waals surface area contributed by atoms with Crippen LogP contribution in [0.2, 0.25) is 0 Å². The van der Waals surface area contributed by atoms with Crippen LogP contribution in [0, 0.1) is 11.8 Å². The molecule has 16 heavy (non-hydrogen) atoms. The van der Waals surface area contributed by atoms with Gasteiger partial charge in [-0.25, -0.2) is 4.79 Å². The first kappa shape index (κ1) is 11.7. The minimum absolute atomic E-state index is 0.0626. The number of carbonyl (C=O) groups is 2. The van der Waals surface area contributed by atoms with E-state index < -0.39 is 6.04 Å². The van der Waals surface area contributed by atoms with E-state index in [4.69, 9.17) is 16.3 Å². The van der Waals surface area contributed by atoms with E-state index in [1.165, 1.54) is 7.11 Å². The van der Waals surface area contributed by atoms with Gasteiger partial charge in [0.15, 0.2) is 0 Å². The predicted octanol–water partition coefficient (Wildman–Crippen LogP) is 1.03. The third kappa shape index (κ3) is 1.79. The molecule has 3 atom stereocenters. The molecule has 2 aliphatic rings. The van der Waals surface area contributed by atoms with Crippen molar-refractivity contribution in [2.45, 2.75) is 25.3 Å². The highest BCUT2D eigenvalue weighted by Gasteiger charge is 2.49. The summed E-state index contributed by atoms with van der Waals surface area (Å²) < 4.78 is 4.79. The maximum atomic E-state index is 11.7. The molecule has 0 aromatic carbocycles. The number of ether oxygens (including phenoxy) is 1. The fraction of sp³-hybridized carbons (Fsp3) is 0.818. The molecule has 2 fully saturated rings. The summed E-state index contributed by atoms with van der Waals surface area (Å²) in [5.74, 6) is 0.211. The zero-order chi connectivity index (χ0) is 11.7. The predicted molar refractivity (Wildman–Crippen MR) is 59.1 cm³/mol. The highest BCUT2D eigenvalue weighted by Crippen LogP contribution is 2.42. The third-order valence-corrected chi connectivity index (χ3v) is 4.00. The molecule has 0 aromatic heterocycles. The second-order valence-electron chi connectivity index (χ2n) is 4.50. The van der Waals surface area contributed by atoms with Crippen molar-refractivity contribution in [2.75, 3.05) is 19.5 Å². The summed E-state index contributed by atoms with van der Waals surface area (Å²) in [4.78, 5) is 25.0. The summed E-state index contributed by atoms with van der Waals surface area (Å²) in [6.07, 6.45) is 3.26. The van der Waals surface area contributed by atoms with E-state index in [0.717, 1.165) is 19.3 Å². The number of carbonyl (C=O) groups excluding carboxylic acids is 2. The van der Waals surface area contributed by atoms with Crippen LogP contribution in [-0.4, -0.2) is 42.4 Å². The van der Waals surface area contributed by atoms with Crippen molar-refractivity contribution < 1.29 is 14.3 Å². The largest absolute Gasteiger partial charge is 0.467 e. The molecule has 2 rings (SSSR count). The number of likely N-dealkylation sites (tertiary alicyclic amines) is 1. The number of rotatable bonds is 2. The molecular weight excluding hydrogens is 230 g/mol. The van der Waals surface area contributed by atoms with Crippen molar-refractivity contribution in [3.63, 3.8) is 0 Å². The lowest BCUT2D eigenvalue weighted by Gasteiger charge is -2.24. The van der Waals surface area contributed by atoms with Gasteiger partial charge in [-0.2, -0.15) is 0 Å². The molecule has 1 aliphatic carbocycles. The quantitative estimate of drug-likeness (QED) is 0.539. The zero-order valence-corrected chi connectivity index (χ0v) is 10.1. The minimum atomic E-state index is -0.399. The molecule has 0 N–H and O–H groups in total. The number of fused-ring (bicyclic) bond motifs is 1. The van der Waals surface area contributed by atoms with E-state index in [2.05, 4.69) is 0 Å². The number of hydrogen-bond acceptors (Lipinski definition) is 3. The van der Waals surface area contributed by atoms with Gasteiger partial charge in [-0.05, 0) is 24.7 Å². The first-order chi connectivity index (χ1) is 7.69. The van der Waals surface area contributed by atoms with Gasteiger partial charge < -0.3 is 9.64 Å². The monoisotopic (exact) mass is 245 g/mol. The lowest BCUT2D eigenvalue weighted by molar-refractivity contribution is -0.151. The Bertz CT molecular complexity index is 308. The van der Waals surface area contributed by atoms with Crippen LogP contribution < -0.4 is 0 Å². The Labute approximate surface area is 99.9 Å². The van der Waals surface area contributed by atoms with Crippen LogP contribution in [0.25, 0.3) is 0 Å². The van der Waals surface area contributed by atoms with Gasteiger partial charge in [0.25, 0.3) is 0 Å². The van der Waals surface area contributed by atoms with Crippen molar-refractivity contribution in [1.82, 2.24) is 4.90 Å². The van der Waals surface area contributed by atoms with E-state index in [9.17, 15) is 9.59 Å². The second kappa shape index (κ2) is 4.62. The molecule has 1 aliphatic heterocycles. The van der Waals surface area contributed by atoms with Crippen molar-refractivity contribution in [3.05, 3.63) is 0 Å². The molecule has 0 aromatic rings. The molecule has 0 radical (unpaired) electrons. The number of nitrogens with zero attached hydrogens (tertiary/aromatic N) is 1. The maximum absolute atomic E-state index is 11.7. The Morgan fingerprint density at radius 1 is 1.44 bits per heavy atom. The van der Waals surface area contributed by atoms with Crippen LogP contribution in [-0.2, 0) is 14.3 Å². The molecule has 3 unspecified atom stereocenters. The van der Waals surface area contributed by atoms with Gasteiger partial charge in [0, 0.05) is 6.54 Å². The Hall–Kier alpha value is -0.770. The van der Waals surface area contributed by atoms with Crippen molar-refractivity contribution >= 4 is 23.5 Å². The molecule has 1 saturated heterocycles. The number of hydrogen-bond donors (Lipinski definition) is 0. The zero-order valence-electron chi connectivity index (χ0n) is 9.32. The lowest BCUT2D eigenvalue weighted by Crippen LogP contribution is -2.44. The normalized spacial score (nSPS) is 32.6. The van der Waals surface area contributed by atoms with Gasteiger partial charge >= 0.3 is 5.97 Å². The molecule has 1 heterocycles. The third-order valence-electron chi connectivity index (χ3n) is 3.77. The van der Waals surface area contributed by atoms with Gasteiger partial charge in [-0.1, -0.05) is 6.42 Å². The summed E-state index contributed by atoms with van der Waals surface area (Å²) in [6.45, 7) is 0.663. The standard InChI is InChI=1S/C11H16ClNO3/c1-16-11(15)10-8-4-2-3-7(8)6-13(10)9(14)5-12/h7-8,10H,2-6H2,1H3. The Morgan fingerprint density at radius 2 is 2.19 bits per heavy atom. The molecule has 0 bridgehead atoms. The highest BCUT2D eigenvalue weighted by atomic mass is 35.5. The van der Waals surface area contributed by atoms with E-state index in [1.807, 2.05) is 0 Å². The number of methoxy groups -OCH3 is 1. The van der Waals surface area contributed by atoms with Crippen molar-refractivity contribution in [1.29, 1.82) is 0 Å². The molecule has 1 saturated carbocycles. The average molecular weight is 246 g/mol. The van der Waals surface area contributed by atoms with E-state index >= 15 is 0 Å². The molecule has 4 nitrogen and oxygen atoms in total. The first-order valence-electron chi connectivity index (χ1n) is 5.62. The molecular formula is C11H16ClNO3. The van der Waals surface area contributed by atoms with Crippen LogP contribution in [0.4, 0.5) is 0 Å². The summed E-state index contributed by atoms with van der Waals surface area (Å²) >= 11 is 5.56. The highest BCUT2D eigenvalue weighted by molar-refractivity contribution is 6.27. The van der Waals surface area contributed by atoms with Gasteiger partial charge in [-0.15, -0.1) is 11.6 Å². The van der Waals surface area contributed by atoms with Crippen LogP contribution in [0.1, 0.15) is 19.3 Å². The smallest absolute Gasteiger partial charge is 0.328 e. The summed E-state index contributed by atoms with van der Waals surface area (Å²) in [7, 11) is 1.37. The first-order valence-corrected chi connectivity index (χ1v) is 6.15. The van der Waals surface area contributed by atoms with Gasteiger partial charge in [0.1, 0.15) is 11.9 Å². The average Bonchev–Trinajstić information content (AvgIpc) is 2.86. The van der Waals surface area contributed by atoms with Crippen LogP contribution in [0.3, 0.4) is 0 Å². The Morgan fingerprint density at radius 3 is 2.81 bits per heavy atom. The van der Waals surface area contributed by atoms with Gasteiger partial charge in [0.05, 0.1) is 7.11 Å². The number of amides is 1. The van der Waals surface area contributed by atoms with Crippen molar-refractivity contribution in [2.24, 2.45) is 11.8 Å². The summed E-state index contributed by atoms with van der Waals surface area (Å²) in [6, 6.07) is -0.399. The van der Waals surface area contributed by atoms with Crippen molar-refractivity contribution in [3.8, 4) is 0 Å². The lowest BCUT2D eigenvalue weighted by atomic mass is 9.94. The minimum Gasteiger partial charge on any atom is -0.467 e. The molecule has 90 valence electrons. The molecule has 5 heteroatoms. The Kier molecular flexibility index (Phi) is 3.38. The number of alkyl halides is 1. The topological polar surface area (TPSA) is 46.6 Å². The van der Waals surface area contributed by atoms with Crippen LogP contribution >= 0.6 is 11.6 Å².